The van der Waals surface area contributed by atoms with Crippen molar-refractivity contribution in [3.05, 3.63) is 60.4 Å². The molecule has 1 fully saturated rings. The van der Waals surface area contributed by atoms with Gasteiger partial charge in [-0.25, -0.2) is 4.98 Å². The molecule has 186 valence electrons. The van der Waals surface area contributed by atoms with Gasteiger partial charge in [0.2, 0.25) is 5.95 Å². The van der Waals surface area contributed by atoms with E-state index in [1.165, 1.54) is 5.69 Å². The van der Waals surface area contributed by atoms with Crippen LogP contribution in [0.15, 0.2) is 54.7 Å². The van der Waals surface area contributed by atoms with E-state index in [0.29, 0.717) is 17.4 Å². The number of nitrogens with one attached hydrogen (secondary N) is 1. The summed E-state index contributed by atoms with van der Waals surface area (Å²) >= 11 is 0. The Morgan fingerprint density at radius 3 is 2.14 bits per heavy atom. The minimum absolute atomic E-state index is 0.539. The Bertz CT molecular complexity index is 1350. The first-order valence-electron chi connectivity index (χ1n) is 11.8. The number of piperazine rings is 1. The molecule has 0 saturated carbocycles. The van der Waals surface area contributed by atoms with Crippen LogP contribution in [0.5, 0.6) is 17.2 Å². The molecule has 36 heavy (non-hydrogen) atoms. The molecule has 4 aromatic rings. The minimum atomic E-state index is 0.539. The van der Waals surface area contributed by atoms with Crippen molar-refractivity contribution >= 4 is 34.0 Å². The molecule has 9 nitrogen and oxygen atoms in total. The number of aromatic nitrogens is 3. The van der Waals surface area contributed by atoms with Crippen molar-refractivity contribution in [3.63, 3.8) is 0 Å². The van der Waals surface area contributed by atoms with E-state index in [0.717, 1.165) is 60.0 Å². The zero-order valence-electron chi connectivity index (χ0n) is 21.0. The molecule has 1 saturated heterocycles. The molecular weight excluding hydrogens is 456 g/mol. The summed E-state index contributed by atoms with van der Waals surface area (Å²) in [5.74, 6) is 3.65. The molecule has 2 aromatic heterocycles. The van der Waals surface area contributed by atoms with Gasteiger partial charge in [-0.3, -0.25) is 4.98 Å². The number of rotatable bonds is 7. The number of hydrogen-bond acceptors (Lipinski definition) is 9. The van der Waals surface area contributed by atoms with Crippen molar-refractivity contribution in [2.45, 2.75) is 6.92 Å². The topological polar surface area (TPSA) is 84.9 Å². The van der Waals surface area contributed by atoms with Gasteiger partial charge < -0.3 is 29.3 Å². The van der Waals surface area contributed by atoms with Gasteiger partial charge >= 0.3 is 0 Å². The molecule has 0 amide bonds. The molecule has 1 N–H and O–H groups in total. The molecule has 5 rings (SSSR count). The third-order valence-corrected chi connectivity index (χ3v) is 6.32. The van der Waals surface area contributed by atoms with Gasteiger partial charge in [0.1, 0.15) is 23.1 Å². The predicted octanol–water partition coefficient (Wildman–Crippen LogP) is 4.43. The molecular formula is C27H30N6O3. The van der Waals surface area contributed by atoms with Crippen LogP contribution in [0.2, 0.25) is 0 Å². The van der Waals surface area contributed by atoms with Gasteiger partial charge in [0.05, 0.1) is 26.8 Å². The Labute approximate surface area is 210 Å². The van der Waals surface area contributed by atoms with E-state index in [2.05, 4.69) is 37.2 Å². The number of ether oxygens (including phenoxy) is 3. The molecule has 0 spiro atoms. The highest BCUT2D eigenvalue weighted by molar-refractivity contribution is 5.92. The number of nitrogens with zero attached hydrogens (tertiary/aromatic N) is 5. The summed E-state index contributed by atoms with van der Waals surface area (Å²) in [6, 6.07) is 15.8. The van der Waals surface area contributed by atoms with Gasteiger partial charge in [0, 0.05) is 85.2 Å². The lowest BCUT2D eigenvalue weighted by atomic mass is 10.1. The number of hydrogen-bond donors (Lipinski definition) is 1. The molecule has 3 heterocycles. The Hall–Kier alpha value is -4.27. The first kappa shape index (κ1) is 23.5. The molecule has 0 aliphatic carbocycles. The third-order valence-electron chi connectivity index (χ3n) is 6.32. The van der Waals surface area contributed by atoms with Crippen LogP contribution in [0.3, 0.4) is 0 Å². The maximum absolute atomic E-state index is 5.38. The third kappa shape index (κ3) is 4.91. The second-order valence-electron chi connectivity index (χ2n) is 8.60. The molecule has 9 heteroatoms. The Balaban J connectivity index is 1.32. The van der Waals surface area contributed by atoms with Crippen molar-refractivity contribution in [3.8, 4) is 17.2 Å². The van der Waals surface area contributed by atoms with Crippen molar-refractivity contribution in [1.29, 1.82) is 0 Å². The average molecular weight is 487 g/mol. The van der Waals surface area contributed by atoms with E-state index in [1.54, 1.807) is 21.3 Å². The highest BCUT2D eigenvalue weighted by Crippen LogP contribution is 2.30. The van der Waals surface area contributed by atoms with Gasteiger partial charge in [-0.15, -0.1) is 0 Å². The predicted molar refractivity (Wildman–Crippen MR) is 142 cm³/mol. The van der Waals surface area contributed by atoms with E-state index in [-0.39, 0.29) is 0 Å². The van der Waals surface area contributed by atoms with E-state index < -0.39 is 0 Å². The van der Waals surface area contributed by atoms with Crippen LogP contribution in [0.1, 0.15) is 5.69 Å². The van der Waals surface area contributed by atoms with Crippen LogP contribution in [-0.4, -0.2) is 62.5 Å². The van der Waals surface area contributed by atoms with Crippen LogP contribution < -0.4 is 29.3 Å². The standard InChI is InChI=1S/C27H30N6O3/c1-18-13-26(31-27(29-18)30-19-14-21(35-3)16-22(15-19)36-4)33-11-9-32(10-12-33)25-7-8-28-24-17-20(34-2)5-6-23(24)25/h5-8,13-17H,9-12H2,1-4H3,(H,29,30,31). The fourth-order valence-corrected chi connectivity index (χ4v) is 4.47. The Morgan fingerprint density at radius 2 is 1.44 bits per heavy atom. The van der Waals surface area contributed by atoms with Crippen molar-refractivity contribution < 1.29 is 14.2 Å². The summed E-state index contributed by atoms with van der Waals surface area (Å²) in [4.78, 5) is 18.6. The molecule has 0 radical (unpaired) electrons. The molecule has 2 aromatic carbocycles. The minimum Gasteiger partial charge on any atom is -0.497 e. The number of benzene rings is 2. The smallest absolute Gasteiger partial charge is 0.229 e. The average Bonchev–Trinajstić information content (AvgIpc) is 2.91. The van der Waals surface area contributed by atoms with Crippen LogP contribution in [0.4, 0.5) is 23.1 Å². The number of pyridine rings is 1. The summed E-state index contributed by atoms with van der Waals surface area (Å²) in [7, 11) is 4.93. The zero-order valence-corrected chi connectivity index (χ0v) is 21.0. The fourth-order valence-electron chi connectivity index (χ4n) is 4.47. The largest absolute Gasteiger partial charge is 0.497 e. The molecule has 1 aliphatic heterocycles. The van der Waals surface area contributed by atoms with E-state index in [4.69, 9.17) is 19.2 Å². The van der Waals surface area contributed by atoms with Crippen LogP contribution >= 0.6 is 0 Å². The highest BCUT2D eigenvalue weighted by atomic mass is 16.5. The first-order chi connectivity index (χ1) is 17.6. The summed E-state index contributed by atoms with van der Waals surface area (Å²) < 4.78 is 16.1. The number of aryl methyl sites for hydroxylation is 1. The number of fused-ring (bicyclic) bond motifs is 1. The van der Waals surface area contributed by atoms with Gasteiger partial charge in [0.15, 0.2) is 0 Å². The molecule has 0 atom stereocenters. The van der Waals surface area contributed by atoms with Gasteiger partial charge in [-0.1, -0.05) is 0 Å². The second kappa shape index (κ2) is 10.2. The van der Waals surface area contributed by atoms with E-state index in [9.17, 15) is 0 Å². The summed E-state index contributed by atoms with van der Waals surface area (Å²) in [6.07, 6.45) is 1.86. The van der Waals surface area contributed by atoms with E-state index in [1.807, 2.05) is 49.5 Å². The summed E-state index contributed by atoms with van der Waals surface area (Å²) in [6.45, 7) is 5.44. The van der Waals surface area contributed by atoms with Crippen LogP contribution in [0, 0.1) is 6.92 Å². The highest BCUT2D eigenvalue weighted by Gasteiger charge is 2.21. The van der Waals surface area contributed by atoms with Crippen LogP contribution in [-0.2, 0) is 0 Å². The lowest BCUT2D eigenvalue weighted by molar-refractivity contribution is 0.395. The lowest BCUT2D eigenvalue weighted by Crippen LogP contribution is -2.47. The van der Waals surface area contributed by atoms with Crippen molar-refractivity contribution in [2.24, 2.45) is 0 Å². The van der Waals surface area contributed by atoms with E-state index >= 15 is 0 Å². The fraction of sp³-hybridized carbons (Fsp3) is 0.296. The second-order valence-corrected chi connectivity index (χ2v) is 8.60. The Morgan fingerprint density at radius 1 is 0.750 bits per heavy atom. The summed E-state index contributed by atoms with van der Waals surface area (Å²) in [5, 5.41) is 4.43. The SMILES string of the molecule is COc1cc(Nc2nc(C)cc(N3CCN(c4ccnc5cc(OC)ccc45)CC3)n2)cc(OC)c1. The normalized spacial score (nSPS) is 13.6. The van der Waals surface area contributed by atoms with Crippen LogP contribution in [0.25, 0.3) is 10.9 Å². The van der Waals surface area contributed by atoms with Crippen molar-refractivity contribution in [1.82, 2.24) is 15.0 Å². The molecule has 0 unspecified atom stereocenters. The first-order valence-corrected chi connectivity index (χ1v) is 11.8. The molecule has 0 bridgehead atoms. The van der Waals surface area contributed by atoms with Gasteiger partial charge in [-0.05, 0) is 25.1 Å². The zero-order chi connectivity index (χ0) is 25.1. The van der Waals surface area contributed by atoms with Gasteiger partial charge in [0.25, 0.3) is 0 Å². The maximum Gasteiger partial charge on any atom is 0.229 e. The molecule has 1 aliphatic rings. The lowest BCUT2D eigenvalue weighted by Gasteiger charge is -2.37. The Kier molecular flexibility index (Phi) is 6.62. The summed E-state index contributed by atoms with van der Waals surface area (Å²) in [5.41, 5.74) is 3.82. The quantitative estimate of drug-likeness (QED) is 0.408. The number of anilines is 4. The monoisotopic (exact) mass is 486 g/mol. The maximum atomic E-state index is 5.38. The van der Waals surface area contributed by atoms with Crippen molar-refractivity contribution in [2.75, 3.05) is 62.6 Å². The number of methoxy groups -OCH3 is 3. The van der Waals surface area contributed by atoms with Gasteiger partial charge in [-0.2, -0.15) is 4.98 Å².